The van der Waals surface area contributed by atoms with Gasteiger partial charge in [-0.25, -0.2) is 9.89 Å². The van der Waals surface area contributed by atoms with Gasteiger partial charge in [0.2, 0.25) is 5.78 Å². The van der Waals surface area contributed by atoms with Gasteiger partial charge in [0.25, 0.3) is 5.56 Å². The van der Waals surface area contributed by atoms with Gasteiger partial charge < -0.3 is 9.30 Å². The average molecular weight is 429 g/mol. The second-order valence-electron chi connectivity index (χ2n) is 7.62. The van der Waals surface area contributed by atoms with E-state index in [4.69, 9.17) is 4.74 Å². The highest BCUT2D eigenvalue weighted by Gasteiger charge is 2.20. The number of nitrogens with one attached hydrogen (secondary N) is 1. The van der Waals surface area contributed by atoms with Crippen LogP contribution in [-0.2, 0) is 17.7 Å². The van der Waals surface area contributed by atoms with Crippen LogP contribution in [0.25, 0.3) is 10.8 Å². The van der Waals surface area contributed by atoms with Crippen LogP contribution in [0.4, 0.5) is 0 Å². The molecule has 0 fully saturated rings. The van der Waals surface area contributed by atoms with Gasteiger partial charge in [-0.15, -0.1) is 0 Å². The molecule has 1 N–H and O–H groups in total. The molecule has 0 saturated heterocycles. The van der Waals surface area contributed by atoms with E-state index in [0.717, 1.165) is 24.4 Å². The zero-order chi connectivity index (χ0) is 22.7. The Kier molecular flexibility index (Phi) is 5.98. The third-order valence-electron chi connectivity index (χ3n) is 5.56. The quantitative estimate of drug-likeness (QED) is 0.358. The zero-order valence-corrected chi connectivity index (χ0v) is 17.9. The topological polar surface area (TPSA) is 94.1 Å². The van der Waals surface area contributed by atoms with Gasteiger partial charge in [0.15, 0.2) is 12.3 Å². The Hall–Kier alpha value is -4.00. The van der Waals surface area contributed by atoms with E-state index in [1.807, 2.05) is 38.1 Å². The predicted molar refractivity (Wildman–Crippen MR) is 121 cm³/mol. The summed E-state index contributed by atoms with van der Waals surface area (Å²) < 4.78 is 7.34. The molecule has 4 rings (SSSR count). The second kappa shape index (κ2) is 9.01. The van der Waals surface area contributed by atoms with Crippen molar-refractivity contribution in [3.05, 3.63) is 99.2 Å². The van der Waals surface area contributed by atoms with E-state index in [-0.39, 0.29) is 11.5 Å². The molecule has 2 aromatic carbocycles. The van der Waals surface area contributed by atoms with Crippen molar-refractivity contribution in [3.63, 3.8) is 0 Å². The van der Waals surface area contributed by atoms with Crippen molar-refractivity contribution in [1.82, 2.24) is 14.8 Å². The predicted octanol–water partition coefficient (Wildman–Crippen LogP) is 3.62. The first-order valence-corrected chi connectivity index (χ1v) is 10.3. The summed E-state index contributed by atoms with van der Waals surface area (Å²) in [5, 5.41) is 6.83. The number of ether oxygens (including phenoxy) is 1. The van der Waals surface area contributed by atoms with Crippen LogP contribution in [0.2, 0.25) is 0 Å². The van der Waals surface area contributed by atoms with Crippen molar-refractivity contribution in [2.75, 3.05) is 6.61 Å². The van der Waals surface area contributed by atoms with Gasteiger partial charge in [-0.05, 0) is 38.0 Å². The number of carbonyl (C=O) groups excluding carboxylic acids is 2. The van der Waals surface area contributed by atoms with Crippen LogP contribution in [-0.4, -0.2) is 33.1 Å². The van der Waals surface area contributed by atoms with E-state index in [1.54, 1.807) is 24.3 Å². The summed E-state index contributed by atoms with van der Waals surface area (Å²) in [6.45, 7) is 4.19. The van der Waals surface area contributed by atoms with Crippen LogP contribution >= 0.6 is 0 Å². The summed E-state index contributed by atoms with van der Waals surface area (Å²) in [6.07, 6.45) is 0.852. The van der Waals surface area contributed by atoms with Gasteiger partial charge >= 0.3 is 5.97 Å². The number of Topliss-reactive ketones (excluding diaryl/α,β-unsaturated/α-hetero) is 1. The van der Waals surface area contributed by atoms with E-state index in [2.05, 4.69) is 26.9 Å². The summed E-state index contributed by atoms with van der Waals surface area (Å²) >= 11 is 0. The van der Waals surface area contributed by atoms with E-state index >= 15 is 0 Å². The zero-order valence-electron chi connectivity index (χ0n) is 17.9. The Bertz CT molecular complexity index is 1350. The van der Waals surface area contributed by atoms with E-state index in [1.165, 1.54) is 5.56 Å². The molecule has 162 valence electrons. The lowest BCUT2D eigenvalue weighted by atomic mass is 10.1. The maximum Gasteiger partial charge on any atom is 0.359 e. The molecule has 2 heterocycles. The van der Waals surface area contributed by atoms with E-state index < -0.39 is 18.1 Å². The van der Waals surface area contributed by atoms with Crippen LogP contribution < -0.4 is 5.56 Å². The number of carbonyl (C=O) groups is 2. The molecular formula is C25H23N3O4. The molecule has 0 amide bonds. The van der Waals surface area contributed by atoms with Gasteiger partial charge in [0.1, 0.15) is 0 Å². The van der Waals surface area contributed by atoms with Crippen LogP contribution in [0.5, 0.6) is 0 Å². The number of hydrogen-bond acceptors (Lipinski definition) is 5. The highest BCUT2D eigenvalue weighted by atomic mass is 16.5. The summed E-state index contributed by atoms with van der Waals surface area (Å²) in [4.78, 5) is 37.2. The summed E-state index contributed by atoms with van der Waals surface area (Å²) in [7, 11) is 0. The second-order valence-corrected chi connectivity index (χ2v) is 7.62. The van der Waals surface area contributed by atoms with Crippen molar-refractivity contribution in [1.29, 1.82) is 0 Å². The number of rotatable bonds is 7. The van der Waals surface area contributed by atoms with E-state index in [0.29, 0.717) is 16.3 Å². The minimum atomic E-state index is -0.760. The van der Waals surface area contributed by atoms with Gasteiger partial charge in [-0.2, -0.15) is 5.10 Å². The molecule has 0 spiro atoms. The Balaban J connectivity index is 1.46. The number of fused-ring (bicyclic) bond motifs is 1. The Morgan fingerprint density at radius 3 is 2.44 bits per heavy atom. The molecular weight excluding hydrogens is 406 g/mol. The van der Waals surface area contributed by atoms with Crippen LogP contribution in [0.1, 0.15) is 37.8 Å². The van der Waals surface area contributed by atoms with Crippen LogP contribution in [0.3, 0.4) is 0 Å². The summed E-state index contributed by atoms with van der Waals surface area (Å²) in [5.41, 5.74) is 3.15. The van der Waals surface area contributed by atoms with Crippen molar-refractivity contribution in [2.24, 2.45) is 0 Å². The number of ketones is 1. The number of aromatic amines is 1. The molecule has 0 aliphatic carbocycles. The fourth-order valence-corrected chi connectivity index (χ4v) is 3.86. The van der Waals surface area contributed by atoms with Crippen molar-refractivity contribution < 1.29 is 14.3 Å². The van der Waals surface area contributed by atoms with Crippen molar-refractivity contribution in [3.8, 4) is 0 Å². The maximum absolute atomic E-state index is 12.8. The van der Waals surface area contributed by atoms with E-state index in [9.17, 15) is 14.4 Å². The number of esters is 1. The monoisotopic (exact) mass is 429 g/mol. The molecule has 0 aliphatic rings. The summed E-state index contributed by atoms with van der Waals surface area (Å²) in [5.74, 6) is -1.05. The lowest BCUT2D eigenvalue weighted by Gasteiger charge is -2.10. The molecule has 2 aromatic heterocycles. The van der Waals surface area contributed by atoms with Crippen LogP contribution in [0, 0.1) is 13.8 Å². The maximum atomic E-state index is 12.8. The smallest absolute Gasteiger partial charge is 0.359 e. The molecule has 0 bridgehead atoms. The minimum Gasteiger partial charge on any atom is -0.452 e. The molecule has 0 unspecified atom stereocenters. The molecule has 0 radical (unpaired) electrons. The fraction of sp³-hybridized carbons (Fsp3) is 0.200. The highest BCUT2D eigenvalue weighted by molar-refractivity contribution is 6.04. The Morgan fingerprint density at radius 1 is 1.00 bits per heavy atom. The van der Waals surface area contributed by atoms with Crippen molar-refractivity contribution >= 4 is 22.5 Å². The molecule has 0 aliphatic heterocycles. The lowest BCUT2D eigenvalue weighted by molar-refractivity contribution is 0.0469. The molecule has 4 aromatic rings. The number of aromatic nitrogens is 3. The highest BCUT2D eigenvalue weighted by Crippen LogP contribution is 2.18. The van der Waals surface area contributed by atoms with Crippen LogP contribution in [0.15, 0.2) is 65.5 Å². The molecule has 32 heavy (non-hydrogen) atoms. The largest absolute Gasteiger partial charge is 0.452 e. The third kappa shape index (κ3) is 4.23. The first-order chi connectivity index (χ1) is 15.5. The third-order valence-corrected chi connectivity index (χ3v) is 5.56. The number of nitrogens with zero attached hydrogens (tertiary/aromatic N) is 2. The molecule has 0 saturated carbocycles. The van der Waals surface area contributed by atoms with Gasteiger partial charge in [0, 0.05) is 28.9 Å². The minimum absolute atomic E-state index is 0.0265. The molecule has 0 atom stereocenters. The van der Waals surface area contributed by atoms with Crippen molar-refractivity contribution in [2.45, 2.75) is 26.8 Å². The first-order valence-electron chi connectivity index (χ1n) is 10.3. The lowest BCUT2D eigenvalue weighted by Crippen LogP contribution is -2.19. The fourth-order valence-electron chi connectivity index (χ4n) is 3.86. The SMILES string of the molecule is Cc1cc(C(=O)COC(=O)c2n[nH]c(=O)c3ccccc23)c(C)n1CCc1ccccc1. The number of aryl methyl sites for hydroxylation is 2. The number of hydrogen-bond donors (Lipinski definition) is 1. The van der Waals surface area contributed by atoms with Gasteiger partial charge in [0.05, 0.1) is 5.39 Å². The summed E-state index contributed by atoms with van der Waals surface area (Å²) in [6, 6.07) is 18.6. The Labute approximate surface area is 184 Å². The van der Waals surface area contributed by atoms with Gasteiger partial charge in [-0.1, -0.05) is 48.5 Å². The normalized spacial score (nSPS) is 10.9. The number of H-pyrrole nitrogens is 1. The first kappa shape index (κ1) is 21.2. The average Bonchev–Trinajstić information content (AvgIpc) is 3.10. The molecule has 7 nitrogen and oxygen atoms in total. The van der Waals surface area contributed by atoms with Gasteiger partial charge in [-0.3, -0.25) is 9.59 Å². The Morgan fingerprint density at radius 2 is 1.69 bits per heavy atom. The standard InChI is InChI=1S/C25H23N3O4/c1-16-14-21(17(2)28(16)13-12-18-8-4-3-5-9-18)22(29)15-32-25(31)23-19-10-6-7-11-20(19)24(30)27-26-23/h3-11,14H,12-13,15H2,1-2H3,(H,27,30). The molecule has 7 heteroatoms. The number of benzene rings is 2.